The molecular formula is C19H27N3O6S. The molecule has 0 aromatic heterocycles. The van der Waals surface area contributed by atoms with Gasteiger partial charge >= 0.3 is 0 Å². The van der Waals surface area contributed by atoms with E-state index in [2.05, 4.69) is 16.2 Å². The summed E-state index contributed by atoms with van der Waals surface area (Å²) in [6.07, 6.45) is 0.451. The number of hydrazine groups is 1. The average molecular weight is 426 g/mol. The molecule has 29 heavy (non-hydrogen) atoms. The number of hydrogen-bond acceptors (Lipinski definition) is 6. The molecule has 0 unspecified atom stereocenters. The van der Waals surface area contributed by atoms with E-state index in [1.165, 1.54) is 7.11 Å². The lowest BCUT2D eigenvalue weighted by Gasteiger charge is -2.22. The lowest BCUT2D eigenvalue weighted by atomic mass is 10.0. The first kappa shape index (κ1) is 22.7. The van der Waals surface area contributed by atoms with E-state index in [1.54, 1.807) is 38.1 Å². The molecule has 3 N–H and O–H groups in total. The Morgan fingerprint density at radius 3 is 2.45 bits per heavy atom. The molecule has 10 heteroatoms. The van der Waals surface area contributed by atoms with Gasteiger partial charge < -0.3 is 10.1 Å². The van der Waals surface area contributed by atoms with Crippen LogP contribution in [0.5, 0.6) is 5.75 Å². The highest BCUT2D eigenvalue weighted by atomic mass is 32.2. The number of nitrogens with one attached hydrogen (secondary N) is 3. The van der Waals surface area contributed by atoms with Gasteiger partial charge in [0.25, 0.3) is 11.8 Å². The molecule has 0 aliphatic carbocycles. The minimum absolute atomic E-state index is 0.0133. The lowest BCUT2D eigenvalue weighted by Crippen LogP contribution is -2.54. The number of sulfone groups is 1. The molecule has 1 aromatic carbocycles. The second-order valence-corrected chi connectivity index (χ2v) is 9.63. The van der Waals surface area contributed by atoms with Gasteiger partial charge in [-0.15, -0.1) is 0 Å². The molecule has 1 aliphatic heterocycles. The monoisotopic (exact) mass is 425 g/mol. The number of methoxy groups -OCH3 is 1. The highest BCUT2D eigenvalue weighted by molar-refractivity contribution is 7.91. The van der Waals surface area contributed by atoms with Crippen LogP contribution in [0.15, 0.2) is 24.3 Å². The first-order valence-electron chi connectivity index (χ1n) is 9.36. The molecule has 1 heterocycles. The summed E-state index contributed by atoms with van der Waals surface area (Å²) in [5.41, 5.74) is 4.90. The van der Waals surface area contributed by atoms with Gasteiger partial charge in [-0.1, -0.05) is 26.0 Å². The fourth-order valence-corrected chi connectivity index (χ4v) is 5.00. The molecule has 0 spiro atoms. The van der Waals surface area contributed by atoms with Crippen LogP contribution in [0, 0.1) is 11.8 Å². The number of ether oxygens (including phenoxy) is 1. The molecule has 0 radical (unpaired) electrons. The zero-order valence-corrected chi connectivity index (χ0v) is 17.5. The maximum absolute atomic E-state index is 12.6. The fourth-order valence-electron chi connectivity index (χ4n) is 3.14. The van der Waals surface area contributed by atoms with Crippen LogP contribution in [-0.4, -0.2) is 50.8 Å². The van der Waals surface area contributed by atoms with E-state index in [1.807, 2.05) is 0 Å². The zero-order chi connectivity index (χ0) is 21.6. The van der Waals surface area contributed by atoms with Gasteiger partial charge in [0.1, 0.15) is 11.8 Å². The molecule has 9 nitrogen and oxygen atoms in total. The van der Waals surface area contributed by atoms with E-state index in [0.29, 0.717) is 17.7 Å². The van der Waals surface area contributed by atoms with E-state index in [0.717, 1.165) is 0 Å². The predicted octanol–water partition coefficient (Wildman–Crippen LogP) is 0.422. The summed E-state index contributed by atoms with van der Waals surface area (Å²) in [5.74, 6) is -1.56. The largest absolute Gasteiger partial charge is 0.496 e. The third kappa shape index (κ3) is 6.45. The third-order valence-corrected chi connectivity index (χ3v) is 6.55. The smallest absolute Gasteiger partial charge is 0.261 e. The van der Waals surface area contributed by atoms with Crippen molar-refractivity contribution in [3.63, 3.8) is 0 Å². The minimum atomic E-state index is -3.07. The fraction of sp³-hybridized carbons (Fsp3) is 0.526. The minimum Gasteiger partial charge on any atom is -0.496 e. The van der Waals surface area contributed by atoms with Crippen LogP contribution in [-0.2, 0) is 19.4 Å². The van der Waals surface area contributed by atoms with E-state index in [9.17, 15) is 22.8 Å². The van der Waals surface area contributed by atoms with Gasteiger partial charge in [0.15, 0.2) is 9.84 Å². The van der Waals surface area contributed by atoms with Crippen LogP contribution in [0.25, 0.3) is 0 Å². The van der Waals surface area contributed by atoms with Crippen LogP contribution in [0.3, 0.4) is 0 Å². The van der Waals surface area contributed by atoms with Crippen LogP contribution in [0.1, 0.15) is 37.0 Å². The standard InChI is InChI=1S/C19H27N3O6S/c1-12(2)17(20-18(24)14-6-4-5-7-15(14)28-3)19(25)22-21-16(23)10-13-8-9-29(26,27)11-13/h4-7,12-13,17H,8-11H2,1-3H3,(H,20,24)(H,21,23)(H,22,25)/t13-,17+/m1/s1. The van der Waals surface area contributed by atoms with Crippen molar-refractivity contribution in [1.82, 2.24) is 16.2 Å². The number of benzene rings is 1. The normalized spacial score (nSPS) is 18.7. The topological polar surface area (TPSA) is 131 Å². The van der Waals surface area contributed by atoms with Crippen molar-refractivity contribution >= 4 is 27.6 Å². The van der Waals surface area contributed by atoms with Gasteiger partial charge in [0.2, 0.25) is 5.91 Å². The second-order valence-electron chi connectivity index (χ2n) is 7.41. The Morgan fingerprint density at radius 2 is 1.86 bits per heavy atom. The second kappa shape index (κ2) is 9.73. The Kier molecular flexibility index (Phi) is 7.60. The first-order chi connectivity index (χ1) is 13.6. The zero-order valence-electron chi connectivity index (χ0n) is 16.7. The SMILES string of the molecule is COc1ccccc1C(=O)N[C@H](C(=O)NNC(=O)C[C@H]1CCS(=O)(=O)C1)C(C)C. The van der Waals surface area contributed by atoms with E-state index < -0.39 is 33.6 Å². The Hall–Kier alpha value is -2.62. The molecule has 1 fully saturated rings. The molecule has 2 rings (SSSR count). The highest BCUT2D eigenvalue weighted by Crippen LogP contribution is 2.21. The van der Waals surface area contributed by atoms with Gasteiger partial charge in [0, 0.05) is 6.42 Å². The molecule has 160 valence electrons. The summed E-state index contributed by atoms with van der Waals surface area (Å²) >= 11 is 0. The summed E-state index contributed by atoms with van der Waals surface area (Å²) < 4.78 is 28.1. The van der Waals surface area contributed by atoms with Gasteiger partial charge in [0.05, 0.1) is 24.2 Å². The molecule has 1 saturated heterocycles. The number of rotatable bonds is 7. The average Bonchev–Trinajstić information content (AvgIpc) is 3.01. The van der Waals surface area contributed by atoms with E-state index in [4.69, 9.17) is 4.74 Å². The van der Waals surface area contributed by atoms with E-state index in [-0.39, 0.29) is 29.8 Å². The number of hydrogen-bond donors (Lipinski definition) is 3. The first-order valence-corrected chi connectivity index (χ1v) is 11.2. The van der Waals surface area contributed by atoms with Gasteiger partial charge in [-0.2, -0.15) is 0 Å². The maximum atomic E-state index is 12.6. The Bertz CT molecular complexity index is 868. The van der Waals surface area contributed by atoms with Crippen molar-refractivity contribution in [2.24, 2.45) is 11.8 Å². The van der Waals surface area contributed by atoms with Gasteiger partial charge in [-0.25, -0.2) is 8.42 Å². The van der Waals surface area contributed by atoms with Crippen LogP contribution < -0.4 is 20.9 Å². The van der Waals surface area contributed by atoms with Gasteiger partial charge in [-0.05, 0) is 30.4 Å². The van der Waals surface area contributed by atoms with Crippen molar-refractivity contribution in [2.45, 2.75) is 32.7 Å². The highest BCUT2D eigenvalue weighted by Gasteiger charge is 2.30. The number of para-hydroxylation sites is 1. The summed E-state index contributed by atoms with van der Waals surface area (Å²) in [6.45, 7) is 3.52. The van der Waals surface area contributed by atoms with Crippen molar-refractivity contribution in [3.05, 3.63) is 29.8 Å². The number of amides is 3. The summed E-state index contributed by atoms with van der Waals surface area (Å²) in [7, 11) is -1.62. The predicted molar refractivity (Wildman–Crippen MR) is 107 cm³/mol. The molecule has 1 aliphatic rings. The van der Waals surface area contributed by atoms with Crippen molar-refractivity contribution < 1.29 is 27.5 Å². The van der Waals surface area contributed by atoms with Crippen LogP contribution in [0.2, 0.25) is 0 Å². The van der Waals surface area contributed by atoms with Crippen molar-refractivity contribution in [1.29, 1.82) is 0 Å². The number of carbonyl (C=O) groups excluding carboxylic acids is 3. The van der Waals surface area contributed by atoms with Crippen LogP contribution >= 0.6 is 0 Å². The molecular weight excluding hydrogens is 398 g/mol. The molecule has 0 bridgehead atoms. The van der Waals surface area contributed by atoms with E-state index >= 15 is 0 Å². The van der Waals surface area contributed by atoms with Crippen LogP contribution in [0.4, 0.5) is 0 Å². The molecule has 3 amide bonds. The summed E-state index contributed by atoms with van der Waals surface area (Å²) in [5, 5.41) is 2.65. The summed E-state index contributed by atoms with van der Waals surface area (Å²) in [6, 6.07) is 5.75. The third-order valence-electron chi connectivity index (χ3n) is 4.71. The summed E-state index contributed by atoms with van der Waals surface area (Å²) in [4.78, 5) is 37.1. The quantitative estimate of drug-likeness (QED) is 0.543. The Morgan fingerprint density at radius 1 is 1.17 bits per heavy atom. The van der Waals surface area contributed by atoms with Gasteiger partial charge in [-0.3, -0.25) is 25.2 Å². The maximum Gasteiger partial charge on any atom is 0.261 e. The molecule has 0 saturated carbocycles. The number of carbonyl (C=O) groups is 3. The van der Waals surface area contributed by atoms with Crippen molar-refractivity contribution in [3.8, 4) is 5.75 Å². The van der Waals surface area contributed by atoms with Crippen molar-refractivity contribution in [2.75, 3.05) is 18.6 Å². The Balaban J connectivity index is 1.92. The molecule has 2 atom stereocenters. The Labute approximate surface area is 170 Å². The molecule has 1 aromatic rings. The lowest BCUT2D eigenvalue weighted by molar-refractivity contribution is -0.130.